The highest BCUT2D eigenvalue weighted by atomic mass is 16.5. The van der Waals surface area contributed by atoms with Crippen LogP contribution in [0.4, 0.5) is 0 Å². The molecule has 2 aromatic carbocycles. The number of benzene rings is 2. The maximum Gasteiger partial charge on any atom is 0.261 e. The fraction of sp³-hybridized carbons (Fsp3) is 0.143. The number of amides is 1. The van der Waals surface area contributed by atoms with Crippen molar-refractivity contribution in [3.8, 4) is 22.8 Å². The molecular weight excluding hydrogens is 344 g/mol. The zero-order chi connectivity index (χ0) is 19.2. The smallest absolute Gasteiger partial charge is 0.261 e. The highest BCUT2D eigenvalue weighted by Crippen LogP contribution is 2.27. The van der Waals surface area contributed by atoms with Gasteiger partial charge in [-0.05, 0) is 35.4 Å². The summed E-state index contributed by atoms with van der Waals surface area (Å²) in [6.45, 7) is 0.263. The molecule has 0 aliphatic heterocycles. The molecule has 0 fully saturated rings. The molecule has 0 aliphatic carbocycles. The van der Waals surface area contributed by atoms with Gasteiger partial charge in [0.05, 0.1) is 14.2 Å². The van der Waals surface area contributed by atoms with E-state index in [1.807, 2.05) is 36.4 Å². The number of ether oxygens (including phenoxy) is 2. The number of carbonyl (C=O) groups is 1. The minimum absolute atomic E-state index is 0.0650. The third-order valence-corrected chi connectivity index (χ3v) is 4.14. The lowest BCUT2D eigenvalue weighted by molar-refractivity contribution is 0.0949. The summed E-state index contributed by atoms with van der Waals surface area (Å²) in [6, 6.07) is 18.1. The van der Waals surface area contributed by atoms with Gasteiger partial charge in [0.2, 0.25) is 0 Å². The zero-order valence-electron chi connectivity index (χ0n) is 15.1. The molecule has 0 saturated carbocycles. The van der Waals surface area contributed by atoms with Crippen molar-refractivity contribution in [3.05, 3.63) is 82.1 Å². The number of methoxy groups -OCH3 is 2. The van der Waals surface area contributed by atoms with E-state index in [1.54, 1.807) is 32.4 Å². The molecule has 3 aromatic rings. The van der Waals surface area contributed by atoms with Crippen LogP contribution < -0.4 is 20.3 Å². The average Bonchev–Trinajstić information content (AvgIpc) is 2.72. The predicted molar refractivity (Wildman–Crippen MR) is 103 cm³/mol. The van der Waals surface area contributed by atoms with Gasteiger partial charge in [0, 0.05) is 12.2 Å². The molecule has 138 valence electrons. The second-order valence-corrected chi connectivity index (χ2v) is 5.85. The van der Waals surface area contributed by atoms with E-state index in [-0.39, 0.29) is 12.1 Å². The first kappa shape index (κ1) is 18.3. The van der Waals surface area contributed by atoms with Crippen LogP contribution in [0.3, 0.4) is 0 Å². The van der Waals surface area contributed by atoms with Crippen LogP contribution in [0.25, 0.3) is 11.3 Å². The standard InChI is InChI=1S/C21H20N2O4/c1-26-18-11-8-14(12-19(18)27-2)13-22-20(24)16-9-10-17(23-21(16)25)15-6-4-3-5-7-15/h3-12H,13H2,1-2H3,(H,22,24)(H,23,25). The Bertz CT molecular complexity index is 997. The molecule has 3 rings (SSSR count). The first-order chi connectivity index (χ1) is 13.1. The van der Waals surface area contributed by atoms with Crippen LogP contribution in [-0.4, -0.2) is 25.1 Å². The highest BCUT2D eigenvalue weighted by Gasteiger charge is 2.12. The lowest BCUT2D eigenvalue weighted by Gasteiger charge is -2.10. The van der Waals surface area contributed by atoms with E-state index in [1.165, 1.54) is 6.07 Å². The Hall–Kier alpha value is -3.54. The summed E-state index contributed by atoms with van der Waals surface area (Å²) in [6.07, 6.45) is 0. The highest BCUT2D eigenvalue weighted by molar-refractivity contribution is 5.94. The number of nitrogens with one attached hydrogen (secondary N) is 2. The quantitative estimate of drug-likeness (QED) is 0.705. The number of hydrogen-bond donors (Lipinski definition) is 2. The van der Waals surface area contributed by atoms with Gasteiger partial charge in [-0.25, -0.2) is 0 Å². The van der Waals surface area contributed by atoms with Crippen molar-refractivity contribution in [1.29, 1.82) is 0 Å². The SMILES string of the molecule is COc1ccc(CNC(=O)c2ccc(-c3ccccc3)[nH]c2=O)cc1OC. The van der Waals surface area contributed by atoms with Gasteiger partial charge in [-0.2, -0.15) is 0 Å². The number of aromatic nitrogens is 1. The van der Waals surface area contributed by atoms with Crippen molar-refractivity contribution in [3.63, 3.8) is 0 Å². The van der Waals surface area contributed by atoms with Crippen molar-refractivity contribution in [1.82, 2.24) is 10.3 Å². The monoisotopic (exact) mass is 364 g/mol. The Labute approximate surface area is 156 Å². The summed E-state index contributed by atoms with van der Waals surface area (Å²) < 4.78 is 10.4. The molecule has 1 amide bonds. The summed E-state index contributed by atoms with van der Waals surface area (Å²) in [4.78, 5) is 27.4. The maximum absolute atomic E-state index is 12.4. The molecule has 0 spiro atoms. The summed E-state index contributed by atoms with van der Waals surface area (Å²) >= 11 is 0. The predicted octanol–water partition coefficient (Wildman–Crippen LogP) is 2.99. The van der Waals surface area contributed by atoms with Crippen molar-refractivity contribution >= 4 is 5.91 Å². The molecule has 1 aromatic heterocycles. The van der Waals surface area contributed by atoms with Gasteiger partial charge in [0.15, 0.2) is 11.5 Å². The third kappa shape index (κ3) is 4.17. The Morgan fingerprint density at radius 2 is 1.70 bits per heavy atom. The van der Waals surface area contributed by atoms with Gasteiger partial charge in [0.25, 0.3) is 11.5 Å². The van der Waals surface area contributed by atoms with Gasteiger partial charge in [-0.15, -0.1) is 0 Å². The maximum atomic E-state index is 12.4. The second kappa shape index (κ2) is 8.23. The number of pyridine rings is 1. The van der Waals surface area contributed by atoms with Gasteiger partial charge >= 0.3 is 0 Å². The molecule has 0 atom stereocenters. The van der Waals surface area contributed by atoms with Gasteiger partial charge < -0.3 is 19.8 Å². The van der Waals surface area contributed by atoms with E-state index in [4.69, 9.17) is 9.47 Å². The Kier molecular flexibility index (Phi) is 5.56. The number of carbonyl (C=O) groups excluding carboxylic acids is 1. The first-order valence-corrected chi connectivity index (χ1v) is 8.40. The summed E-state index contributed by atoms with van der Waals surface area (Å²) in [7, 11) is 3.11. The van der Waals surface area contributed by atoms with E-state index >= 15 is 0 Å². The molecule has 0 radical (unpaired) electrons. The number of H-pyrrole nitrogens is 1. The molecule has 1 heterocycles. The average molecular weight is 364 g/mol. The van der Waals surface area contributed by atoms with Crippen LogP contribution in [0, 0.1) is 0 Å². The second-order valence-electron chi connectivity index (χ2n) is 5.85. The van der Waals surface area contributed by atoms with Crippen molar-refractivity contribution in [2.45, 2.75) is 6.54 Å². The summed E-state index contributed by atoms with van der Waals surface area (Å²) in [5.41, 5.74) is 2.01. The van der Waals surface area contributed by atoms with Crippen LogP contribution in [0.1, 0.15) is 15.9 Å². The van der Waals surface area contributed by atoms with Crippen LogP contribution >= 0.6 is 0 Å². The Balaban J connectivity index is 1.72. The number of rotatable bonds is 6. The largest absolute Gasteiger partial charge is 0.493 e. The molecule has 2 N–H and O–H groups in total. The summed E-state index contributed by atoms with van der Waals surface area (Å²) in [5, 5.41) is 2.75. The van der Waals surface area contributed by atoms with E-state index in [2.05, 4.69) is 10.3 Å². The molecule has 0 saturated heterocycles. The fourth-order valence-corrected chi connectivity index (χ4v) is 2.71. The van der Waals surface area contributed by atoms with Crippen LogP contribution in [0.5, 0.6) is 11.5 Å². The molecule has 6 nitrogen and oxygen atoms in total. The minimum Gasteiger partial charge on any atom is -0.493 e. The normalized spacial score (nSPS) is 10.3. The van der Waals surface area contributed by atoms with Crippen molar-refractivity contribution in [2.24, 2.45) is 0 Å². The minimum atomic E-state index is -0.439. The summed E-state index contributed by atoms with van der Waals surface area (Å²) in [5.74, 6) is 0.750. The lowest BCUT2D eigenvalue weighted by Crippen LogP contribution is -2.29. The van der Waals surface area contributed by atoms with Gasteiger partial charge in [0.1, 0.15) is 5.56 Å². The lowest BCUT2D eigenvalue weighted by atomic mass is 10.1. The molecule has 0 bridgehead atoms. The Morgan fingerprint density at radius 1 is 0.963 bits per heavy atom. The van der Waals surface area contributed by atoms with Crippen LogP contribution in [-0.2, 0) is 6.54 Å². The molecule has 0 aliphatic rings. The molecule has 27 heavy (non-hydrogen) atoms. The van der Waals surface area contributed by atoms with Gasteiger partial charge in [-0.3, -0.25) is 9.59 Å². The van der Waals surface area contributed by atoms with Crippen molar-refractivity contribution in [2.75, 3.05) is 14.2 Å². The molecule has 0 unspecified atom stereocenters. The van der Waals surface area contributed by atoms with E-state index < -0.39 is 11.5 Å². The van der Waals surface area contributed by atoms with E-state index in [9.17, 15) is 9.59 Å². The third-order valence-electron chi connectivity index (χ3n) is 4.14. The first-order valence-electron chi connectivity index (χ1n) is 8.40. The van der Waals surface area contributed by atoms with E-state index in [0.717, 1.165) is 11.1 Å². The number of aromatic amines is 1. The van der Waals surface area contributed by atoms with Crippen LogP contribution in [0.2, 0.25) is 0 Å². The van der Waals surface area contributed by atoms with E-state index in [0.29, 0.717) is 17.2 Å². The topological polar surface area (TPSA) is 80.4 Å². The van der Waals surface area contributed by atoms with Crippen molar-refractivity contribution < 1.29 is 14.3 Å². The molecular formula is C21H20N2O4. The van der Waals surface area contributed by atoms with Gasteiger partial charge in [-0.1, -0.05) is 36.4 Å². The fourth-order valence-electron chi connectivity index (χ4n) is 2.71. The van der Waals surface area contributed by atoms with Crippen LogP contribution in [0.15, 0.2) is 65.5 Å². The molecule has 6 heteroatoms. The zero-order valence-corrected chi connectivity index (χ0v) is 15.1. The Morgan fingerprint density at radius 3 is 2.37 bits per heavy atom. The number of hydrogen-bond acceptors (Lipinski definition) is 4.